The first-order chi connectivity index (χ1) is 14.0. The zero-order valence-electron chi connectivity index (χ0n) is 15.9. The molecule has 0 aliphatic carbocycles. The van der Waals surface area contributed by atoms with Crippen molar-refractivity contribution in [1.82, 2.24) is 0 Å². The van der Waals surface area contributed by atoms with Crippen molar-refractivity contribution in [1.29, 1.82) is 0 Å². The molecule has 0 heterocycles. The number of halogens is 1. The van der Waals surface area contributed by atoms with Crippen LogP contribution in [0, 0.1) is 6.92 Å². The van der Waals surface area contributed by atoms with E-state index in [0.29, 0.717) is 33.5 Å². The molecule has 3 rings (SSSR count). The van der Waals surface area contributed by atoms with Crippen LogP contribution in [0.3, 0.4) is 0 Å². The highest BCUT2D eigenvalue weighted by Crippen LogP contribution is 2.24. The summed E-state index contributed by atoms with van der Waals surface area (Å²) >= 11 is 7.50. The largest absolute Gasteiger partial charge is 0.325 e. The molecule has 2 amide bonds. The zero-order valence-corrected chi connectivity index (χ0v) is 17.5. The van der Waals surface area contributed by atoms with Crippen molar-refractivity contribution in [2.75, 3.05) is 16.4 Å². The molecule has 2 N–H and O–H groups in total. The number of rotatable bonds is 7. The summed E-state index contributed by atoms with van der Waals surface area (Å²) in [5.74, 6) is 0.757. The average molecular weight is 425 g/mol. The summed E-state index contributed by atoms with van der Waals surface area (Å²) in [6.07, 6.45) is 0. The predicted octanol–water partition coefficient (Wildman–Crippen LogP) is 5.77. The van der Waals surface area contributed by atoms with Crippen LogP contribution in [-0.2, 0) is 10.5 Å². The molecule has 3 aromatic carbocycles. The molecule has 0 spiro atoms. The van der Waals surface area contributed by atoms with E-state index in [-0.39, 0.29) is 11.8 Å². The minimum Gasteiger partial charge on any atom is -0.325 e. The number of carbonyl (C=O) groups is 2. The van der Waals surface area contributed by atoms with Crippen molar-refractivity contribution in [2.45, 2.75) is 12.7 Å². The quantitative estimate of drug-likeness (QED) is 0.506. The Bertz CT molecular complexity index is 1010. The molecule has 0 fully saturated rings. The van der Waals surface area contributed by atoms with Gasteiger partial charge in [0.1, 0.15) is 0 Å². The van der Waals surface area contributed by atoms with Crippen molar-refractivity contribution >= 4 is 46.6 Å². The van der Waals surface area contributed by atoms with E-state index in [9.17, 15) is 9.59 Å². The van der Waals surface area contributed by atoms with Crippen molar-refractivity contribution in [3.05, 3.63) is 94.5 Å². The maximum absolute atomic E-state index is 12.4. The van der Waals surface area contributed by atoms with Gasteiger partial charge in [0.2, 0.25) is 5.91 Å². The molecule has 0 aliphatic rings. The van der Waals surface area contributed by atoms with Crippen LogP contribution < -0.4 is 10.6 Å². The van der Waals surface area contributed by atoms with Gasteiger partial charge in [0.05, 0.1) is 5.75 Å². The number of amides is 2. The van der Waals surface area contributed by atoms with Gasteiger partial charge in [-0.25, -0.2) is 0 Å². The van der Waals surface area contributed by atoms with E-state index in [1.54, 1.807) is 12.1 Å². The Morgan fingerprint density at radius 2 is 1.59 bits per heavy atom. The molecule has 4 nitrogen and oxygen atoms in total. The Morgan fingerprint density at radius 1 is 0.897 bits per heavy atom. The third kappa shape index (κ3) is 6.11. The van der Waals surface area contributed by atoms with Gasteiger partial charge in [-0.15, -0.1) is 11.8 Å². The van der Waals surface area contributed by atoms with Gasteiger partial charge in [0, 0.05) is 27.7 Å². The van der Waals surface area contributed by atoms with Crippen LogP contribution in [0.25, 0.3) is 0 Å². The van der Waals surface area contributed by atoms with Crippen molar-refractivity contribution in [3.8, 4) is 0 Å². The lowest BCUT2D eigenvalue weighted by atomic mass is 10.1. The molecule has 6 heteroatoms. The molecule has 0 bridgehead atoms. The monoisotopic (exact) mass is 424 g/mol. The van der Waals surface area contributed by atoms with Gasteiger partial charge < -0.3 is 10.6 Å². The highest BCUT2D eigenvalue weighted by atomic mass is 35.5. The first-order valence-corrected chi connectivity index (χ1v) is 10.6. The van der Waals surface area contributed by atoms with E-state index in [2.05, 4.69) is 10.6 Å². The number of hydrogen-bond acceptors (Lipinski definition) is 3. The molecule has 0 radical (unpaired) electrons. The third-order valence-electron chi connectivity index (χ3n) is 4.28. The lowest BCUT2D eigenvalue weighted by Gasteiger charge is -2.13. The zero-order chi connectivity index (χ0) is 20.6. The number of thioether (sulfide) groups is 1. The second-order valence-corrected chi connectivity index (χ2v) is 7.89. The minimum atomic E-state index is -0.186. The average Bonchev–Trinajstić information content (AvgIpc) is 2.71. The maximum atomic E-state index is 12.4. The van der Waals surface area contributed by atoms with Gasteiger partial charge in [-0.3, -0.25) is 9.59 Å². The first-order valence-electron chi connectivity index (χ1n) is 9.11. The van der Waals surface area contributed by atoms with Gasteiger partial charge in [0.25, 0.3) is 5.91 Å². The Morgan fingerprint density at radius 3 is 2.31 bits per heavy atom. The van der Waals surface area contributed by atoms with Gasteiger partial charge >= 0.3 is 0 Å². The second-order valence-electron chi connectivity index (χ2n) is 6.47. The molecule has 0 saturated carbocycles. The molecule has 0 atom stereocenters. The second kappa shape index (κ2) is 10.1. The van der Waals surface area contributed by atoms with Crippen LogP contribution >= 0.6 is 23.4 Å². The molecule has 0 aromatic heterocycles. The number of carbonyl (C=O) groups excluding carboxylic acids is 2. The van der Waals surface area contributed by atoms with Crippen LogP contribution in [0.4, 0.5) is 11.4 Å². The van der Waals surface area contributed by atoms with Crippen LogP contribution in [0.1, 0.15) is 21.5 Å². The fourth-order valence-electron chi connectivity index (χ4n) is 2.77. The molecule has 3 aromatic rings. The van der Waals surface area contributed by atoms with Crippen molar-refractivity contribution in [2.24, 2.45) is 0 Å². The smallest absolute Gasteiger partial charge is 0.255 e. The number of nitrogens with one attached hydrogen (secondary N) is 2. The van der Waals surface area contributed by atoms with Gasteiger partial charge in [-0.05, 0) is 54.4 Å². The number of anilines is 2. The predicted molar refractivity (Wildman–Crippen MR) is 122 cm³/mol. The summed E-state index contributed by atoms with van der Waals surface area (Å²) in [4.78, 5) is 24.7. The highest BCUT2D eigenvalue weighted by Gasteiger charge is 2.11. The summed E-state index contributed by atoms with van der Waals surface area (Å²) in [6.45, 7) is 1.87. The van der Waals surface area contributed by atoms with Crippen molar-refractivity contribution in [3.63, 3.8) is 0 Å². The van der Waals surface area contributed by atoms with E-state index in [1.165, 1.54) is 11.8 Å². The van der Waals surface area contributed by atoms with E-state index in [1.807, 2.05) is 67.6 Å². The van der Waals surface area contributed by atoms with Gasteiger partial charge in [-0.2, -0.15) is 0 Å². The van der Waals surface area contributed by atoms with E-state index >= 15 is 0 Å². The molecule has 29 heavy (non-hydrogen) atoms. The first kappa shape index (κ1) is 21.0. The molecular formula is C23H21ClN2O2S. The summed E-state index contributed by atoms with van der Waals surface area (Å²) in [7, 11) is 0. The van der Waals surface area contributed by atoms with E-state index in [0.717, 1.165) is 11.1 Å². The van der Waals surface area contributed by atoms with E-state index in [4.69, 9.17) is 11.6 Å². The van der Waals surface area contributed by atoms with Crippen LogP contribution in [-0.4, -0.2) is 17.6 Å². The Balaban J connectivity index is 1.57. The van der Waals surface area contributed by atoms with Crippen LogP contribution in [0.2, 0.25) is 5.02 Å². The third-order valence-corrected chi connectivity index (χ3v) is 5.52. The summed E-state index contributed by atoms with van der Waals surface area (Å²) in [6, 6.07) is 22.1. The van der Waals surface area contributed by atoms with Crippen LogP contribution in [0.15, 0.2) is 72.8 Å². The molecule has 0 aliphatic heterocycles. The fourth-order valence-corrected chi connectivity index (χ4v) is 3.75. The lowest BCUT2D eigenvalue weighted by Crippen LogP contribution is -2.17. The molecular weight excluding hydrogens is 404 g/mol. The summed E-state index contributed by atoms with van der Waals surface area (Å²) in [5.41, 5.74) is 3.83. The number of benzene rings is 3. The Kier molecular flexibility index (Phi) is 7.33. The van der Waals surface area contributed by atoms with E-state index < -0.39 is 0 Å². The Hall–Kier alpha value is -2.76. The SMILES string of the molecule is Cc1c(NC(=O)CSCc2cccc(Cl)c2)cccc1NC(=O)c1ccccc1. The normalized spacial score (nSPS) is 10.4. The van der Waals surface area contributed by atoms with Crippen molar-refractivity contribution < 1.29 is 9.59 Å². The number of hydrogen-bond donors (Lipinski definition) is 2. The summed E-state index contributed by atoms with van der Waals surface area (Å²) < 4.78 is 0. The molecule has 0 saturated heterocycles. The highest BCUT2D eigenvalue weighted by molar-refractivity contribution is 7.99. The van der Waals surface area contributed by atoms with Gasteiger partial charge in [-0.1, -0.05) is 48.0 Å². The topological polar surface area (TPSA) is 58.2 Å². The minimum absolute atomic E-state index is 0.0911. The summed E-state index contributed by atoms with van der Waals surface area (Å²) in [5, 5.41) is 6.52. The van der Waals surface area contributed by atoms with Gasteiger partial charge in [0.15, 0.2) is 0 Å². The fraction of sp³-hybridized carbons (Fsp3) is 0.130. The standard InChI is InChI=1S/C23H21ClN2O2S/c1-16-20(25-22(27)15-29-14-17-7-5-10-19(24)13-17)11-6-12-21(16)26-23(28)18-8-3-2-4-9-18/h2-13H,14-15H2,1H3,(H,25,27)(H,26,28). The Labute approximate surface area is 179 Å². The maximum Gasteiger partial charge on any atom is 0.255 e. The molecule has 0 unspecified atom stereocenters. The van der Waals surface area contributed by atoms with Crippen LogP contribution in [0.5, 0.6) is 0 Å². The molecule has 148 valence electrons. The lowest BCUT2D eigenvalue weighted by molar-refractivity contribution is -0.113.